The van der Waals surface area contributed by atoms with Gasteiger partial charge in [0.05, 0.1) is 0 Å². The molecule has 0 fully saturated rings. The summed E-state index contributed by atoms with van der Waals surface area (Å²) < 4.78 is 12.5. The molecule has 162 valence electrons. The largest absolute Gasteiger partial charge is 0.520 e. The smallest absolute Gasteiger partial charge is 0.392 e. The Morgan fingerprint density at radius 3 is 1.79 bits per heavy atom. The molecule has 2 nitrogen and oxygen atoms in total. The predicted octanol–water partition coefficient (Wildman–Crippen LogP) is 8.61. The molecule has 0 aliphatic carbocycles. The summed E-state index contributed by atoms with van der Waals surface area (Å²) in [6, 6.07) is 8.38. The number of unbranched alkanes of at least 4 members (excludes halogenated alkanes) is 11. The molecule has 0 spiro atoms. The Balaban J connectivity index is 2.06. The van der Waals surface area contributed by atoms with E-state index in [1.165, 1.54) is 76.2 Å². The summed E-state index contributed by atoms with van der Waals surface area (Å²) in [6.07, 6.45) is 16.5. The molecule has 0 atom stereocenters. The lowest BCUT2D eigenvalue weighted by molar-refractivity contribution is 0.240. The van der Waals surface area contributed by atoms with Crippen LogP contribution in [-0.2, 0) is 4.43 Å². The van der Waals surface area contributed by atoms with Gasteiger partial charge in [-0.25, -0.2) is 0 Å². The molecular weight excluding hydrogens is 360 g/mol. The molecular formula is C25H46O2Si. The second kappa shape index (κ2) is 15.1. The van der Waals surface area contributed by atoms with E-state index in [0.29, 0.717) is 5.92 Å². The van der Waals surface area contributed by atoms with Crippen molar-refractivity contribution in [1.29, 1.82) is 0 Å². The summed E-state index contributed by atoms with van der Waals surface area (Å²) in [4.78, 5) is 0. The van der Waals surface area contributed by atoms with E-state index >= 15 is 0 Å². The van der Waals surface area contributed by atoms with Crippen molar-refractivity contribution in [3.8, 4) is 5.75 Å². The fourth-order valence-electron chi connectivity index (χ4n) is 3.61. The minimum Gasteiger partial charge on any atom is -0.520 e. The maximum atomic E-state index is 6.32. The molecule has 0 radical (unpaired) electrons. The van der Waals surface area contributed by atoms with E-state index < -0.39 is 8.56 Å². The van der Waals surface area contributed by atoms with Crippen molar-refractivity contribution in [3.63, 3.8) is 0 Å². The van der Waals surface area contributed by atoms with E-state index in [-0.39, 0.29) is 0 Å². The van der Waals surface area contributed by atoms with Gasteiger partial charge in [0.25, 0.3) is 0 Å². The van der Waals surface area contributed by atoms with Crippen LogP contribution in [0.25, 0.3) is 0 Å². The van der Waals surface area contributed by atoms with E-state index in [1.54, 1.807) is 0 Å². The molecule has 0 aromatic heterocycles. The van der Waals surface area contributed by atoms with Gasteiger partial charge in [0.15, 0.2) is 0 Å². The van der Waals surface area contributed by atoms with E-state index in [2.05, 4.69) is 58.1 Å². The maximum Gasteiger partial charge on any atom is 0.392 e. The van der Waals surface area contributed by atoms with Crippen molar-refractivity contribution in [2.75, 3.05) is 6.61 Å². The second-order valence-electron chi connectivity index (χ2n) is 8.93. The monoisotopic (exact) mass is 406 g/mol. The predicted molar refractivity (Wildman–Crippen MR) is 126 cm³/mol. The van der Waals surface area contributed by atoms with E-state index in [0.717, 1.165) is 18.8 Å². The van der Waals surface area contributed by atoms with Gasteiger partial charge in [-0.2, -0.15) is 0 Å². The molecule has 0 aliphatic rings. The molecule has 3 heteroatoms. The lowest BCUT2D eigenvalue weighted by Gasteiger charge is -2.26. The number of para-hydroxylation sites is 1. The van der Waals surface area contributed by atoms with Crippen LogP contribution in [0.3, 0.4) is 0 Å². The van der Waals surface area contributed by atoms with Gasteiger partial charge in [0.2, 0.25) is 0 Å². The fraction of sp³-hybridized carbons (Fsp3) is 0.760. The summed E-state index contributed by atoms with van der Waals surface area (Å²) in [5.74, 6) is 1.47. The van der Waals surface area contributed by atoms with Crippen molar-refractivity contribution in [2.24, 2.45) is 0 Å². The first kappa shape index (κ1) is 25.2. The van der Waals surface area contributed by atoms with Crippen LogP contribution in [0, 0.1) is 0 Å². The Bertz CT molecular complexity index is 499. The maximum absolute atomic E-state index is 6.32. The molecule has 0 N–H and O–H groups in total. The first-order valence-corrected chi connectivity index (χ1v) is 14.7. The Morgan fingerprint density at radius 2 is 1.25 bits per heavy atom. The minimum atomic E-state index is -2.12. The van der Waals surface area contributed by atoms with Gasteiger partial charge in [-0.1, -0.05) is 110 Å². The Morgan fingerprint density at radius 1 is 0.750 bits per heavy atom. The Labute approximate surface area is 176 Å². The average Bonchev–Trinajstić information content (AvgIpc) is 2.65. The first-order valence-electron chi connectivity index (χ1n) is 11.9. The van der Waals surface area contributed by atoms with Gasteiger partial charge >= 0.3 is 8.56 Å². The van der Waals surface area contributed by atoms with Crippen LogP contribution in [0.4, 0.5) is 0 Å². The van der Waals surface area contributed by atoms with E-state index in [4.69, 9.17) is 8.85 Å². The van der Waals surface area contributed by atoms with Crippen LogP contribution >= 0.6 is 0 Å². The van der Waals surface area contributed by atoms with Gasteiger partial charge in [0, 0.05) is 6.61 Å². The van der Waals surface area contributed by atoms with Crippen LogP contribution in [-0.4, -0.2) is 15.2 Å². The lowest BCUT2D eigenvalue weighted by atomic mass is 10.0. The quantitative estimate of drug-likeness (QED) is 0.190. The van der Waals surface area contributed by atoms with Gasteiger partial charge in [0.1, 0.15) is 5.75 Å². The van der Waals surface area contributed by atoms with Crippen LogP contribution in [0.15, 0.2) is 24.3 Å². The van der Waals surface area contributed by atoms with Crippen molar-refractivity contribution >= 4 is 8.56 Å². The standard InChI is InChI=1S/C25H46O2Si/c1-6-7-8-9-10-11-12-13-14-15-16-19-22-26-28(4,5)27-25-21-18-17-20-24(25)23(2)3/h17-18,20-21,23H,6-16,19,22H2,1-5H3. The summed E-state index contributed by atoms with van der Waals surface area (Å²) >= 11 is 0. The SMILES string of the molecule is CCCCCCCCCCCCCCO[Si](C)(C)Oc1ccccc1C(C)C. The highest BCUT2D eigenvalue weighted by atomic mass is 28.4. The third-order valence-corrected chi connectivity index (χ3v) is 6.96. The minimum absolute atomic E-state index is 0.470. The highest BCUT2D eigenvalue weighted by molar-refractivity contribution is 6.65. The van der Waals surface area contributed by atoms with Gasteiger partial charge < -0.3 is 8.85 Å². The van der Waals surface area contributed by atoms with Gasteiger partial charge in [-0.3, -0.25) is 0 Å². The first-order chi connectivity index (χ1) is 13.5. The Hall–Kier alpha value is -0.803. The van der Waals surface area contributed by atoms with Gasteiger partial charge in [-0.05, 0) is 37.1 Å². The number of benzene rings is 1. The zero-order valence-corrected chi connectivity index (χ0v) is 20.4. The van der Waals surface area contributed by atoms with Crippen molar-refractivity contribution in [3.05, 3.63) is 29.8 Å². The number of rotatable bonds is 17. The molecule has 0 aliphatic heterocycles. The molecule has 0 saturated carbocycles. The van der Waals surface area contributed by atoms with Crippen LogP contribution in [0.5, 0.6) is 5.75 Å². The van der Waals surface area contributed by atoms with Crippen LogP contribution in [0.2, 0.25) is 13.1 Å². The van der Waals surface area contributed by atoms with E-state index in [1.807, 2.05) is 0 Å². The summed E-state index contributed by atoms with van der Waals surface area (Å²) in [6.45, 7) is 11.9. The van der Waals surface area contributed by atoms with Crippen molar-refractivity contribution in [1.82, 2.24) is 0 Å². The zero-order chi connectivity index (χ0) is 20.7. The highest BCUT2D eigenvalue weighted by Gasteiger charge is 2.27. The molecule has 1 aromatic rings. The normalized spacial score (nSPS) is 11.9. The Kier molecular flexibility index (Phi) is 13.6. The number of hydrogen-bond donors (Lipinski definition) is 0. The van der Waals surface area contributed by atoms with Crippen molar-refractivity contribution < 1.29 is 8.85 Å². The molecule has 0 amide bonds. The van der Waals surface area contributed by atoms with E-state index in [9.17, 15) is 0 Å². The van der Waals surface area contributed by atoms with Crippen molar-refractivity contribution in [2.45, 2.75) is 117 Å². The molecule has 28 heavy (non-hydrogen) atoms. The van der Waals surface area contributed by atoms with Crippen LogP contribution in [0.1, 0.15) is 109 Å². The average molecular weight is 407 g/mol. The molecule has 1 aromatic carbocycles. The third kappa shape index (κ3) is 11.9. The van der Waals surface area contributed by atoms with Crippen LogP contribution < -0.4 is 4.43 Å². The summed E-state index contributed by atoms with van der Waals surface area (Å²) in [7, 11) is -2.12. The molecule has 1 rings (SSSR count). The third-order valence-electron chi connectivity index (χ3n) is 5.34. The molecule has 0 heterocycles. The van der Waals surface area contributed by atoms with Gasteiger partial charge in [-0.15, -0.1) is 0 Å². The number of hydrogen-bond acceptors (Lipinski definition) is 2. The second-order valence-corrected chi connectivity index (χ2v) is 12.2. The summed E-state index contributed by atoms with van der Waals surface area (Å²) in [5, 5.41) is 0. The summed E-state index contributed by atoms with van der Waals surface area (Å²) in [5.41, 5.74) is 1.28. The molecule has 0 saturated heterocycles. The highest BCUT2D eigenvalue weighted by Crippen LogP contribution is 2.28. The molecule has 0 unspecified atom stereocenters. The lowest BCUT2D eigenvalue weighted by Crippen LogP contribution is -2.39. The zero-order valence-electron chi connectivity index (χ0n) is 19.4. The molecule has 0 bridgehead atoms. The topological polar surface area (TPSA) is 18.5 Å². The fourth-order valence-corrected chi connectivity index (χ4v) is 5.02.